The van der Waals surface area contributed by atoms with Gasteiger partial charge in [0.2, 0.25) is 0 Å². The Kier molecular flexibility index (Phi) is 4.48. The summed E-state index contributed by atoms with van der Waals surface area (Å²) >= 11 is 0. The third kappa shape index (κ3) is 3.10. The molecule has 0 aliphatic heterocycles. The minimum atomic E-state index is -0.0685. The van der Waals surface area contributed by atoms with Crippen LogP contribution in [0, 0.1) is 0 Å². The molecule has 6 nitrogen and oxygen atoms in total. The van der Waals surface area contributed by atoms with Gasteiger partial charge in [-0.25, -0.2) is 4.98 Å². The molecule has 19 heavy (non-hydrogen) atoms. The molecule has 0 saturated heterocycles. The van der Waals surface area contributed by atoms with Crippen molar-refractivity contribution in [2.45, 2.75) is 32.4 Å². The van der Waals surface area contributed by atoms with Crippen LogP contribution in [0.1, 0.15) is 30.8 Å². The zero-order valence-corrected chi connectivity index (χ0v) is 11.1. The number of benzene rings is 1. The van der Waals surface area contributed by atoms with Gasteiger partial charge in [-0.05, 0) is 18.1 Å². The number of nitrogens with two attached hydrogens (primary N) is 2. The first-order chi connectivity index (χ1) is 9.26. The Labute approximate surface area is 112 Å². The van der Waals surface area contributed by atoms with Crippen molar-refractivity contribution in [3.8, 4) is 0 Å². The molecule has 2 aromatic rings. The van der Waals surface area contributed by atoms with Gasteiger partial charge in [0.1, 0.15) is 12.2 Å². The van der Waals surface area contributed by atoms with Crippen molar-refractivity contribution < 1.29 is 0 Å². The Bertz CT molecular complexity index is 521. The number of aromatic nitrogens is 3. The van der Waals surface area contributed by atoms with E-state index in [1.54, 1.807) is 6.33 Å². The van der Waals surface area contributed by atoms with Gasteiger partial charge in [0, 0.05) is 18.7 Å². The number of nitrogen functional groups attached to an aromatic ring is 1. The molecule has 2 rings (SSSR count). The lowest BCUT2D eigenvalue weighted by atomic mass is 10.0. The molecule has 1 aromatic heterocycles. The summed E-state index contributed by atoms with van der Waals surface area (Å²) < 4.78 is 1.91. The van der Waals surface area contributed by atoms with Crippen molar-refractivity contribution in [1.82, 2.24) is 20.2 Å². The lowest BCUT2D eigenvalue weighted by Crippen LogP contribution is -2.31. The molecule has 0 fully saturated rings. The van der Waals surface area contributed by atoms with Crippen molar-refractivity contribution in [1.29, 1.82) is 0 Å². The van der Waals surface area contributed by atoms with Crippen LogP contribution < -0.4 is 17.0 Å². The van der Waals surface area contributed by atoms with Crippen LogP contribution in [0.15, 0.2) is 30.6 Å². The second-order valence-corrected chi connectivity index (χ2v) is 4.45. The maximum atomic E-state index is 5.98. The monoisotopic (exact) mass is 260 g/mol. The van der Waals surface area contributed by atoms with Gasteiger partial charge in [0.15, 0.2) is 0 Å². The van der Waals surface area contributed by atoms with E-state index >= 15 is 0 Å². The summed E-state index contributed by atoms with van der Waals surface area (Å²) in [5.41, 5.74) is 10.5. The Morgan fingerprint density at radius 2 is 2.16 bits per heavy atom. The average Bonchev–Trinajstić information content (AvgIpc) is 2.85. The summed E-state index contributed by atoms with van der Waals surface area (Å²) in [4.78, 5) is 4.29. The van der Waals surface area contributed by atoms with Crippen LogP contribution in [0.5, 0.6) is 0 Å². The number of nitrogens with one attached hydrogen (secondary N) is 1. The van der Waals surface area contributed by atoms with Gasteiger partial charge in [-0.15, -0.1) is 0 Å². The highest BCUT2D eigenvalue weighted by Gasteiger charge is 2.16. The zero-order chi connectivity index (χ0) is 13.7. The number of hydrazine groups is 1. The summed E-state index contributed by atoms with van der Waals surface area (Å²) in [7, 11) is 0. The molecule has 0 radical (unpaired) electrons. The van der Waals surface area contributed by atoms with Gasteiger partial charge in [-0.3, -0.25) is 16.0 Å². The van der Waals surface area contributed by atoms with Crippen molar-refractivity contribution in [3.05, 3.63) is 42.0 Å². The maximum Gasteiger partial charge on any atom is 0.138 e. The summed E-state index contributed by atoms with van der Waals surface area (Å²) in [5.74, 6) is 6.56. The fraction of sp³-hybridized carbons (Fsp3) is 0.385. The first-order valence-electron chi connectivity index (χ1n) is 6.43. The second kappa shape index (κ2) is 6.31. The summed E-state index contributed by atoms with van der Waals surface area (Å²) in [6, 6.07) is 7.64. The van der Waals surface area contributed by atoms with Crippen LogP contribution in [-0.2, 0) is 13.0 Å². The highest BCUT2D eigenvalue weighted by Crippen LogP contribution is 2.22. The Balaban J connectivity index is 2.19. The van der Waals surface area contributed by atoms with Crippen LogP contribution in [0.3, 0.4) is 0 Å². The van der Waals surface area contributed by atoms with Crippen molar-refractivity contribution in [2.75, 3.05) is 5.73 Å². The number of nitrogens with zero attached hydrogens (tertiary/aromatic N) is 3. The Morgan fingerprint density at radius 3 is 2.84 bits per heavy atom. The van der Waals surface area contributed by atoms with E-state index in [1.807, 2.05) is 28.9 Å². The van der Waals surface area contributed by atoms with E-state index in [-0.39, 0.29) is 6.04 Å². The zero-order valence-electron chi connectivity index (χ0n) is 11.1. The normalized spacial score (nSPS) is 12.5. The highest BCUT2D eigenvalue weighted by molar-refractivity contribution is 5.48. The first-order valence-corrected chi connectivity index (χ1v) is 6.43. The number of hydrogen-bond donors (Lipinski definition) is 3. The van der Waals surface area contributed by atoms with E-state index < -0.39 is 0 Å². The number of anilines is 1. The lowest BCUT2D eigenvalue weighted by Gasteiger charge is -2.18. The molecule has 0 saturated carbocycles. The summed E-state index contributed by atoms with van der Waals surface area (Å²) in [5, 5.41) is 4.22. The summed E-state index contributed by atoms with van der Waals surface area (Å²) in [6.07, 6.45) is 3.25. The van der Waals surface area contributed by atoms with Gasteiger partial charge in [-0.2, -0.15) is 5.10 Å². The Morgan fingerprint density at radius 1 is 1.37 bits per heavy atom. The number of hydrogen-bond acceptors (Lipinski definition) is 5. The molecule has 0 amide bonds. The quantitative estimate of drug-likeness (QED) is 0.409. The third-order valence-electron chi connectivity index (χ3n) is 3.09. The second-order valence-electron chi connectivity index (χ2n) is 4.45. The molecule has 1 aromatic carbocycles. The van der Waals surface area contributed by atoms with Crippen LogP contribution in [0.25, 0.3) is 0 Å². The fourth-order valence-corrected chi connectivity index (χ4v) is 2.11. The van der Waals surface area contributed by atoms with E-state index in [9.17, 15) is 0 Å². The molecule has 0 bridgehead atoms. The van der Waals surface area contributed by atoms with Crippen LogP contribution >= 0.6 is 0 Å². The van der Waals surface area contributed by atoms with Gasteiger partial charge >= 0.3 is 0 Å². The van der Waals surface area contributed by atoms with Crippen LogP contribution in [0.2, 0.25) is 0 Å². The molecule has 102 valence electrons. The van der Waals surface area contributed by atoms with E-state index in [2.05, 4.69) is 22.4 Å². The van der Waals surface area contributed by atoms with E-state index in [1.165, 1.54) is 0 Å². The van der Waals surface area contributed by atoms with Crippen molar-refractivity contribution >= 4 is 5.69 Å². The van der Waals surface area contributed by atoms with Gasteiger partial charge in [0.25, 0.3) is 0 Å². The smallest absolute Gasteiger partial charge is 0.138 e. The molecule has 0 spiro atoms. The molecule has 0 aliphatic rings. The molecule has 1 heterocycles. The lowest BCUT2D eigenvalue weighted by molar-refractivity contribution is 0.500. The third-order valence-corrected chi connectivity index (χ3v) is 3.09. The standard InChI is InChI=1S/C13H20N6/c1-2-7-19-13(16-9-17-19)8-12(18-15)10-5-3-4-6-11(10)14/h3-6,9,12,18H,2,7-8,14-15H2,1H3. The van der Waals surface area contributed by atoms with Crippen molar-refractivity contribution in [3.63, 3.8) is 0 Å². The van der Waals surface area contributed by atoms with Gasteiger partial charge in [0.05, 0.1) is 6.04 Å². The van der Waals surface area contributed by atoms with E-state index in [0.29, 0.717) is 6.42 Å². The topological polar surface area (TPSA) is 94.8 Å². The molecule has 5 N–H and O–H groups in total. The highest BCUT2D eigenvalue weighted by atomic mass is 15.3. The number of para-hydroxylation sites is 1. The van der Waals surface area contributed by atoms with Crippen LogP contribution in [0.4, 0.5) is 5.69 Å². The minimum Gasteiger partial charge on any atom is -0.398 e. The van der Waals surface area contributed by atoms with Crippen molar-refractivity contribution in [2.24, 2.45) is 5.84 Å². The molecule has 6 heteroatoms. The predicted octanol–water partition coefficient (Wildman–Crippen LogP) is 1.02. The molecule has 0 aliphatic carbocycles. The van der Waals surface area contributed by atoms with Gasteiger partial charge < -0.3 is 5.73 Å². The minimum absolute atomic E-state index is 0.0685. The van der Waals surface area contributed by atoms with Gasteiger partial charge in [-0.1, -0.05) is 25.1 Å². The number of rotatable bonds is 6. The first kappa shape index (κ1) is 13.5. The van der Waals surface area contributed by atoms with Crippen LogP contribution in [-0.4, -0.2) is 14.8 Å². The fourth-order valence-electron chi connectivity index (χ4n) is 2.11. The van der Waals surface area contributed by atoms with E-state index in [0.717, 1.165) is 30.0 Å². The molecule has 1 unspecified atom stereocenters. The summed E-state index contributed by atoms with van der Waals surface area (Å²) in [6.45, 7) is 2.97. The molecule has 1 atom stereocenters. The van der Waals surface area contributed by atoms with E-state index in [4.69, 9.17) is 11.6 Å². The number of aryl methyl sites for hydroxylation is 1. The predicted molar refractivity (Wildman–Crippen MR) is 74.9 cm³/mol. The maximum absolute atomic E-state index is 5.98. The molecular formula is C13H20N6. The Hall–Kier alpha value is -1.92. The molecular weight excluding hydrogens is 240 g/mol. The largest absolute Gasteiger partial charge is 0.398 e. The average molecular weight is 260 g/mol. The SMILES string of the molecule is CCCn1ncnc1CC(NN)c1ccccc1N.